The Kier molecular flexibility index (Phi) is 3.38. The molecule has 3 nitrogen and oxygen atoms in total. The van der Waals surface area contributed by atoms with E-state index in [-0.39, 0.29) is 12.2 Å². The molecule has 0 spiro atoms. The maximum absolute atomic E-state index is 13.1. The van der Waals surface area contributed by atoms with E-state index in [9.17, 15) is 9.18 Å². The molecule has 0 unspecified atom stereocenters. The normalized spacial score (nSPS) is 10.5. The van der Waals surface area contributed by atoms with Crippen molar-refractivity contribution in [3.05, 3.63) is 52.3 Å². The third-order valence-electron chi connectivity index (χ3n) is 2.42. The van der Waals surface area contributed by atoms with E-state index in [2.05, 4.69) is 20.9 Å². The lowest BCUT2D eigenvalue weighted by Crippen LogP contribution is -2.08. The van der Waals surface area contributed by atoms with Gasteiger partial charge in [0, 0.05) is 29.5 Å². The number of aryl methyl sites for hydroxylation is 1. The van der Waals surface area contributed by atoms with Crippen LogP contribution in [-0.4, -0.2) is 15.3 Å². The quantitative estimate of drug-likeness (QED) is 0.817. The summed E-state index contributed by atoms with van der Waals surface area (Å²) in [5, 5.41) is 0. The Bertz CT molecular complexity index is 545. The first-order valence-electron chi connectivity index (χ1n) is 5.02. The highest BCUT2D eigenvalue weighted by molar-refractivity contribution is 9.10. The lowest BCUT2D eigenvalue weighted by molar-refractivity contribution is 0.0989. The average Bonchev–Trinajstić information content (AvgIpc) is 2.63. The molecule has 1 aromatic carbocycles. The molecule has 0 amide bonds. The smallest absolute Gasteiger partial charge is 0.170 e. The van der Waals surface area contributed by atoms with E-state index in [1.165, 1.54) is 12.1 Å². The zero-order chi connectivity index (χ0) is 12.4. The predicted octanol–water partition coefficient (Wildman–Crippen LogP) is 2.75. The zero-order valence-electron chi connectivity index (χ0n) is 9.15. The molecule has 0 atom stereocenters. The van der Waals surface area contributed by atoms with Gasteiger partial charge in [0.25, 0.3) is 0 Å². The number of ketones is 1. The highest BCUT2D eigenvalue weighted by Crippen LogP contribution is 2.16. The van der Waals surface area contributed by atoms with Crippen molar-refractivity contribution in [2.75, 3.05) is 0 Å². The maximum atomic E-state index is 13.1. The van der Waals surface area contributed by atoms with E-state index in [4.69, 9.17) is 0 Å². The minimum Gasteiger partial charge on any atom is -0.338 e. The molecule has 0 aliphatic heterocycles. The van der Waals surface area contributed by atoms with Crippen LogP contribution in [0.25, 0.3) is 0 Å². The molecule has 17 heavy (non-hydrogen) atoms. The number of carbonyl (C=O) groups is 1. The van der Waals surface area contributed by atoms with Crippen LogP contribution in [0, 0.1) is 5.82 Å². The molecule has 0 radical (unpaired) electrons. The van der Waals surface area contributed by atoms with Crippen LogP contribution in [0.4, 0.5) is 4.39 Å². The average molecular weight is 297 g/mol. The molecule has 0 aliphatic rings. The van der Waals surface area contributed by atoms with Crippen molar-refractivity contribution in [1.29, 1.82) is 0 Å². The summed E-state index contributed by atoms with van der Waals surface area (Å²) < 4.78 is 15.5. The van der Waals surface area contributed by atoms with Crippen LogP contribution in [0.3, 0.4) is 0 Å². The summed E-state index contributed by atoms with van der Waals surface area (Å²) in [5.74, 6) is 0.0810. The van der Waals surface area contributed by atoms with Gasteiger partial charge >= 0.3 is 0 Å². The number of rotatable bonds is 3. The third kappa shape index (κ3) is 2.79. The van der Waals surface area contributed by atoms with Crippen LogP contribution in [0.2, 0.25) is 0 Å². The van der Waals surface area contributed by atoms with E-state index < -0.39 is 5.82 Å². The highest BCUT2D eigenvalue weighted by atomic mass is 79.9. The van der Waals surface area contributed by atoms with Crippen LogP contribution in [0.1, 0.15) is 16.2 Å². The van der Waals surface area contributed by atoms with E-state index in [1.54, 1.807) is 23.0 Å². The molecule has 0 saturated heterocycles. The number of carbonyl (C=O) groups excluding carboxylic acids is 1. The Balaban J connectivity index is 2.23. The van der Waals surface area contributed by atoms with Gasteiger partial charge in [-0.05, 0) is 18.2 Å². The molecule has 5 heteroatoms. The van der Waals surface area contributed by atoms with E-state index in [0.717, 1.165) is 0 Å². The van der Waals surface area contributed by atoms with Gasteiger partial charge in [-0.25, -0.2) is 9.37 Å². The van der Waals surface area contributed by atoms with Gasteiger partial charge in [0.2, 0.25) is 0 Å². The van der Waals surface area contributed by atoms with E-state index in [1.807, 2.05) is 7.05 Å². The number of aromatic nitrogens is 2. The molecule has 0 fully saturated rings. The van der Waals surface area contributed by atoms with Crippen molar-refractivity contribution in [3.8, 4) is 0 Å². The molecule has 0 aliphatic carbocycles. The van der Waals surface area contributed by atoms with Crippen LogP contribution >= 0.6 is 15.9 Å². The van der Waals surface area contributed by atoms with Gasteiger partial charge in [-0.1, -0.05) is 15.9 Å². The summed E-state index contributed by atoms with van der Waals surface area (Å²) in [4.78, 5) is 16.0. The second-order valence-corrected chi connectivity index (χ2v) is 4.63. The molecule has 1 heterocycles. The van der Waals surface area contributed by atoms with Gasteiger partial charge in [0.1, 0.15) is 11.6 Å². The second kappa shape index (κ2) is 4.79. The molecule has 0 bridgehead atoms. The Morgan fingerprint density at radius 1 is 1.47 bits per heavy atom. The first-order valence-corrected chi connectivity index (χ1v) is 5.81. The van der Waals surface area contributed by atoms with Gasteiger partial charge in [0.05, 0.1) is 6.42 Å². The lowest BCUT2D eigenvalue weighted by Gasteiger charge is -2.03. The number of Topliss-reactive ketones (excluding diaryl/α,β-unsaturated/α-hetero) is 1. The standard InChI is InChI=1S/C12H10BrFN2O/c1-16-3-2-15-12(16)7-11(17)8-4-9(13)6-10(14)5-8/h2-6H,7H2,1H3. The highest BCUT2D eigenvalue weighted by Gasteiger charge is 2.11. The number of nitrogens with zero attached hydrogens (tertiary/aromatic N) is 2. The fraction of sp³-hybridized carbons (Fsp3) is 0.167. The van der Waals surface area contributed by atoms with E-state index in [0.29, 0.717) is 15.9 Å². The Hall–Kier alpha value is -1.49. The van der Waals surface area contributed by atoms with Gasteiger partial charge in [0.15, 0.2) is 5.78 Å². The summed E-state index contributed by atoms with van der Waals surface area (Å²) in [7, 11) is 1.82. The van der Waals surface area contributed by atoms with Crippen LogP contribution in [-0.2, 0) is 13.5 Å². The lowest BCUT2D eigenvalue weighted by atomic mass is 10.1. The van der Waals surface area contributed by atoms with Crippen LogP contribution in [0.5, 0.6) is 0 Å². The Morgan fingerprint density at radius 3 is 2.82 bits per heavy atom. The second-order valence-electron chi connectivity index (χ2n) is 3.71. The van der Waals surface area contributed by atoms with Gasteiger partial charge < -0.3 is 4.57 Å². The largest absolute Gasteiger partial charge is 0.338 e. The number of halogens is 2. The molecule has 88 valence electrons. The van der Waals surface area contributed by atoms with Crippen LogP contribution < -0.4 is 0 Å². The zero-order valence-corrected chi connectivity index (χ0v) is 10.7. The van der Waals surface area contributed by atoms with Crippen molar-refractivity contribution < 1.29 is 9.18 Å². The summed E-state index contributed by atoms with van der Waals surface area (Å²) in [6, 6.07) is 4.15. The fourth-order valence-corrected chi connectivity index (χ4v) is 1.99. The summed E-state index contributed by atoms with van der Waals surface area (Å²) >= 11 is 3.16. The Labute approximate surface area is 106 Å². The Morgan fingerprint density at radius 2 is 2.24 bits per heavy atom. The molecule has 1 aromatic heterocycles. The van der Waals surface area contributed by atoms with Crippen molar-refractivity contribution >= 4 is 21.7 Å². The first-order chi connectivity index (χ1) is 8.06. The van der Waals surface area contributed by atoms with Crippen molar-refractivity contribution in [1.82, 2.24) is 9.55 Å². The van der Waals surface area contributed by atoms with Crippen LogP contribution in [0.15, 0.2) is 35.1 Å². The minimum atomic E-state index is -0.428. The number of imidazole rings is 1. The molecular formula is C12H10BrFN2O. The predicted molar refractivity (Wildman–Crippen MR) is 65.3 cm³/mol. The topological polar surface area (TPSA) is 34.9 Å². The van der Waals surface area contributed by atoms with Gasteiger partial charge in [-0.3, -0.25) is 4.79 Å². The molecular weight excluding hydrogens is 287 g/mol. The minimum absolute atomic E-state index is 0.153. The number of hydrogen-bond donors (Lipinski definition) is 0. The van der Waals surface area contributed by atoms with Gasteiger partial charge in [-0.15, -0.1) is 0 Å². The number of benzene rings is 1. The fourth-order valence-electron chi connectivity index (χ4n) is 1.53. The van der Waals surface area contributed by atoms with E-state index >= 15 is 0 Å². The summed E-state index contributed by atoms with van der Waals surface area (Å²) in [6.45, 7) is 0. The number of hydrogen-bond acceptors (Lipinski definition) is 2. The van der Waals surface area contributed by atoms with Crippen molar-refractivity contribution in [2.45, 2.75) is 6.42 Å². The summed E-state index contributed by atoms with van der Waals surface area (Å²) in [5.41, 5.74) is 0.347. The third-order valence-corrected chi connectivity index (χ3v) is 2.88. The first kappa shape index (κ1) is 12.0. The molecule has 2 rings (SSSR count). The molecule has 0 saturated carbocycles. The molecule has 0 N–H and O–H groups in total. The maximum Gasteiger partial charge on any atom is 0.170 e. The van der Waals surface area contributed by atoms with Crippen molar-refractivity contribution in [2.24, 2.45) is 7.05 Å². The monoisotopic (exact) mass is 296 g/mol. The SMILES string of the molecule is Cn1ccnc1CC(=O)c1cc(F)cc(Br)c1. The van der Waals surface area contributed by atoms with Crippen molar-refractivity contribution in [3.63, 3.8) is 0 Å². The molecule has 2 aromatic rings. The summed E-state index contributed by atoms with van der Waals surface area (Å²) in [6.07, 6.45) is 3.56. The van der Waals surface area contributed by atoms with Gasteiger partial charge in [-0.2, -0.15) is 0 Å².